The minimum atomic E-state index is -0.784. The summed E-state index contributed by atoms with van der Waals surface area (Å²) in [5, 5.41) is 24.7. The van der Waals surface area contributed by atoms with Gasteiger partial charge >= 0.3 is 0 Å². The molecule has 0 aliphatic rings. The summed E-state index contributed by atoms with van der Waals surface area (Å²) in [7, 11) is 0. The summed E-state index contributed by atoms with van der Waals surface area (Å²) >= 11 is 1.56. The number of aliphatic hydroxyl groups is 2. The fourth-order valence-corrected chi connectivity index (χ4v) is 2.35. The summed E-state index contributed by atoms with van der Waals surface area (Å²) in [6.07, 6.45) is 0.748. The van der Waals surface area contributed by atoms with Gasteiger partial charge in [-0.05, 0) is 18.4 Å². The highest BCUT2D eigenvalue weighted by molar-refractivity contribution is 7.16. The summed E-state index contributed by atoms with van der Waals surface area (Å²) in [4.78, 5) is 9.79. The average molecular weight is 267 g/mol. The zero-order valence-corrected chi connectivity index (χ0v) is 11.3. The molecule has 5 nitrogen and oxygen atoms in total. The lowest BCUT2D eigenvalue weighted by atomic mass is 10.1. The molecule has 0 unspecified atom stereocenters. The number of aliphatic hydroxyl groups excluding tert-OH is 2. The quantitative estimate of drug-likeness (QED) is 0.763. The van der Waals surface area contributed by atoms with Crippen molar-refractivity contribution in [3.8, 4) is 0 Å². The summed E-state index contributed by atoms with van der Waals surface area (Å²) < 4.78 is 0. The van der Waals surface area contributed by atoms with Crippen LogP contribution < -0.4 is 5.32 Å². The zero-order valence-electron chi connectivity index (χ0n) is 10.5. The van der Waals surface area contributed by atoms with Crippen LogP contribution in [0.2, 0.25) is 0 Å². The van der Waals surface area contributed by atoms with Crippen LogP contribution in [0.15, 0.2) is 11.4 Å². The minimum absolute atomic E-state index is 0.166. The molecule has 18 heavy (non-hydrogen) atoms. The predicted octanol–water partition coefficient (Wildman–Crippen LogP) is 1.41. The van der Waals surface area contributed by atoms with Crippen molar-refractivity contribution in [2.45, 2.75) is 25.8 Å². The molecule has 0 fully saturated rings. The van der Waals surface area contributed by atoms with Crippen molar-refractivity contribution in [1.82, 2.24) is 9.97 Å². The van der Waals surface area contributed by atoms with E-state index in [1.807, 2.05) is 18.4 Å². The van der Waals surface area contributed by atoms with Gasteiger partial charge in [0.1, 0.15) is 16.5 Å². The number of hydrogen-bond acceptors (Lipinski definition) is 6. The Bertz CT molecular complexity index is 537. The van der Waals surface area contributed by atoms with E-state index in [2.05, 4.69) is 15.3 Å². The number of hydrogen-bond donors (Lipinski definition) is 3. The molecular formula is C12H17N3O2S. The smallest absolute Gasteiger partial charge is 0.139 e. The molecule has 2 heterocycles. The third kappa shape index (κ3) is 2.45. The zero-order chi connectivity index (χ0) is 13.2. The Kier molecular flexibility index (Phi) is 3.79. The van der Waals surface area contributed by atoms with E-state index < -0.39 is 5.54 Å². The van der Waals surface area contributed by atoms with Gasteiger partial charge in [-0.3, -0.25) is 0 Å². The molecular weight excluding hydrogens is 250 g/mol. The van der Waals surface area contributed by atoms with Crippen molar-refractivity contribution in [2.75, 3.05) is 18.5 Å². The lowest BCUT2D eigenvalue weighted by Gasteiger charge is -2.27. The van der Waals surface area contributed by atoms with Crippen LogP contribution in [0, 0.1) is 0 Å². The first-order valence-corrected chi connectivity index (χ1v) is 6.74. The van der Waals surface area contributed by atoms with Crippen LogP contribution in [-0.4, -0.2) is 38.9 Å². The Balaban J connectivity index is 2.45. The van der Waals surface area contributed by atoms with Crippen molar-refractivity contribution in [3.63, 3.8) is 0 Å². The maximum atomic E-state index is 9.33. The Hall–Kier alpha value is -1.24. The molecule has 6 heteroatoms. The van der Waals surface area contributed by atoms with E-state index in [0.717, 1.165) is 22.5 Å². The Morgan fingerprint density at radius 2 is 2.06 bits per heavy atom. The fourth-order valence-electron chi connectivity index (χ4n) is 1.57. The van der Waals surface area contributed by atoms with Crippen LogP contribution in [0.25, 0.3) is 10.2 Å². The summed E-state index contributed by atoms with van der Waals surface area (Å²) in [5.74, 6) is 1.43. The monoisotopic (exact) mass is 267 g/mol. The predicted molar refractivity (Wildman–Crippen MR) is 73.0 cm³/mol. The van der Waals surface area contributed by atoms with Gasteiger partial charge in [-0.25, -0.2) is 9.97 Å². The first kappa shape index (κ1) is 13.2. The van der Waals surface area contributed by atoms with E-state index >= 15 is 0 Å². The van der Waals surface area contributed by atoms with E-state index in [-0.39, 0.29) is 13.2 Å². The van der Waals surface area contributed by atoms with Gasteiger partial charge in [-0.1, -0.05) is 6.92 Å². The molecule has 2 aromatic heterocycles. The molecule has 2 rings (SSSR count). The highest BCUT2D eigenvalue weighted by atomic mass is 32.1. The third-order valence-corrected chi connectivity index (χ3v) is 3.61. The molecule has 0 saturated heterocycles. The molecule has 0 spiro atoms. The van der Waals surface area contributed by atoms with E-state index in [1.165, 1.54) is 0 Å². The average Bonchev–Trinajstić information content (AvgIpc) is 2.86. The second kappa shape index (κ2) is 5.17. The molecule has 0 amide bonds. The number of rotatable bonds is 5. The van der Waals surface area contributed by atoms with E-state index in [1.54, 1.807) is 18.3 Å². The Morgan fingerprint density at radius 3 is 2.67 bits per heavy atom. The third-order valence-electron chi connectivity index (χ3n) is 2.81. The standard InChI is InChI=1S/C12H17N3O2S/c1-3-9-13-10(15-12(2,6-16)7-17)8-4-5-18-11(8)14-9/h4-5,16-17H,3,6-7H2,1-2H3,(H,13,14,15). The first-order chi connectivity index (χ1) is 8.61. The van der Waals surface area contributed by atoms with E-state index in [0.29, 0.717) is 5.82 Å². The molecule has 0 radical (unpaired) electrons. The van der Waals surface area contributed by atoms with Crippen LogP contribution in [0.5, 0.6) is 0 Å². The van der Waals surface area contributed by atoms with Crippen molar-refractivity contribution in [2.24, 2.45) is 0 Å². The van der Waals surface area contributed by atoms with Crippen molar-refractivity contribution >= 4 is 27.4 Å². The number of fused-ring (bicyclic) bond motifs is 1. The number of anilines is 1. The van der Waals surface area contributed by atoms with Gasteiger partial charge in [0.25, 0.3) is 0 Å². The van der Waals surface area contributed by atoms with Gasteiger partial charge in [0.05, 0.1) is 24.1 Å². The van der Waals surface area contributed by atoms with Gasteiger partial charge in [0.15, 0.2) is 0 Å². The normalized spacial score (nSPS) is 12.0. The first-order valence-electron chi connectivity index (χ1n) is 5.86. The summed E-state index contributed by atoms with van der Waals surface area (Å²) in [6, 6.07) is 1.94. The van der Waals surface area contributed by atoms with Gasteiger partial charge in [-0.15, -0.1) is 11.3 Å². The molecule has 0 aromatic carbocycles. The number of aromatic nitrogens is 2. The lowest BCUT2D eigenvalue weighted by Crippen LogP contribution is -2.42. The van der Waals surface area contributed by atoms with Gasteiger partial charge < -0.3 is 15.5 Å². The topological polar surface area (TPSA) is 78.3 Å². The fraction of sp³-hybridized carbons (Fsp3) is 0.500. The van der Waals surface area contributed by atoms with Gasteiger partial charge in [-0.2, -0.15) is 0 Å². The molecule has 0 atom stereocenters. The Labute approximate surface area is 110 Å². The molecule has 0 aliphatic heterocycles. The second-order valence-electron chi connectivity index (χ2n) is 4.48. The van der Waals surface area contributed by atoms with Crippen LogP contribution >= 0.6 is 11.3 Å². The largest absolute Gasteiger partial charge is 0.394 e. The maximum Gasteiger partial charge on any atom is 0.139 e. The summed E-state index contributed by atoms with van der Waals surface area (Å²) in [5.41, 5.74) is -0.784. The molecule has 98 valence electrons. The van der Waals surface area contributed by atoms with Crippen LogP contribution in [-0.2, 0) is 6.42 Å². The SMILES string of the molecule is CCc1nc(NC(C)(CO)CO)c2ccsc2n1. The van der Waals surface area contributed by atoms with Crippen LogP contribution in [0.1, 0.15) is 19.7 Å². The highest BCUT2D eigenvalue weighted by Crippen LogP contribution is 2.27. The van der Waals surface area contributed by atoms with Crippen molar-refractivity contribution in [3.05, 3.63) is 17.3 Å². The van der Waals surface area contributed by atoms with Crippen LogP contribution in [0.4, 0.5) is 5.82 Å². The van der Waals surface area contributed by atoms with Crippen molar-refractivity contribution in [1.29, 1.82) is 0 Å². The van der Waals surface area contributed by atoms with E-state index in [9.17, 15) is 10.2 Å². The number of nitrogens with one attached hydrogen (secondary N) is 1. The maximum absolute atomic E-state index is 9.33. The van der Waals surface area contributed by atoms with Crippen molar-refractivity contribution < 1.29 is 10.2 Å². The highest BCUT2D eigenvalue weighted by Gasteiger charge is 2.24. The number of aryl methyl sites for hydroxylation is 1. The minimum Gasteiger partial charge on any atom is -0.394 e. The molecule has 0 aliphatic carbocycles. The molecule has 0 bridgehead atoms. The second-order valence-corrected chi connectivity index (χ2v) is 5.38. The van der Waals surface area contributed by atoms with E-state index in [4.69, 9.17) is 0 Å². The number of thiophene rings is 1. The van der Waals surface area contributed by atoms with Crippen LogP contribution in [0.3, 0.4) is 0 Å². The van der Waals surface area contributed by atoms with Gasteiger partial charge in [0.2, 0.25) is 0 Å². The Morgan fingerprint density at radius 1 is 1.33 bits per heavy atom. The molecule has 3 N–H and O–H groups in total. The number of nitrogens with zero attached hydrogens (tertiary/aromatic N) is 2. The molecule has 0 saturated carbocycles. The van der Waals surface area contributed by atoms with Gasteiger partial charge in [0, 0.05) is 6.42 Å². The molecule has 2 aromatic rings. The summed E-state index contributed by atoms with van der Waals surface area (Å²) in [6.45, 7) is 3.41. The lowest BCUT2D eigenvalue weighted by molar-refractivity contribution is 0.147.